The van der Waals surface area contributed by atoms with Gasteiger partial charge in [0.15, 0.2) is 0 Å². The lowest BCUT2D eigenvalue weighted by atomic mass is 10.1. The maximum absolute atomic E-state index is 5.74. The van der Waals surface area contributed by atoms with Gasteiger partial charge in [0.1, 0.15) is 0 Å². The number of rotatable bonds is 6. The van der Waals surface area contributed by atoms with Gasteiger partial charge < -0.3 is 10.6 Å². The molecule has 0 bridgehead atoms. The first-order valence-corrected chi connectivity index (χ1v) is 6.12. The molecule has 1 atom stereocenters. The molecular formula is C14H24N2. The van der Waals surface area contributed by atoms with E-state index in [0.29, 0.717) is 6.54 Å². The van der Waals surface area contributed by atoms with E-state index in [1.165, 1.54) is 17.5 Å². The first kappa shape index (κ1) is 13.2. The fourth-order valence-corrected chi connectivity index (χ4v) is 1.93. The van der Waals surface area contributed by atoms with E-state index in [9.17, 15) is 0 Å². The van der Waals surface area contributed by atoms with E-state index in [1.807, 2.05) is 0 Å². The topological polar surface area (TPSA) is 29.3 Å². The molecule has 0 saturated carbocycles. The Morgan fingerprint density at radius 1 is 1.25 bits per heavy atom. The Kier molecular flexibility index (Phi) is 5.50. The first-order valence-electron chi connectivity index (χ1n) is 6.12. The molecule has 1 aromatic rings. The predicted molar refractivity (Wildman–Crippen MR) is 70.1 cm³/mol. The van der Waals surface area contributed by atoms with Crippen molar-refractivity contribution in [2.24, 2.45) is 11.7 Å². The van der Waals surface area contributed by atoms with Crippen molar-refractivity contribution in [2.45, 2.75) is 33.4 Å². The van der Waals surface area contributed by atoms with Crippen LogP contribution >= 0.6 is 0 Å². The molecule has 2 heteroatoms. The monoisotopic (exact) mass is 220 g/mol. The van der Waals surface area contributed by atoms with E-state index in [1.54, 1.807) is 0 Å². The van der Waals surface area contributed by atoms with Gasteiger partial charge in [0, 0.05) is 19.6 Å². The van der Waals surface area contributed by atoms with Crippen LogP contribution in [0, 0.1) is 5.92 Å². The molecule has 0 heterocycles. The largest absolute Gasteiger partial charge is 0.326 e. The van der Waals surface area contributed by atoms with Crippen molar-refractivity contribution in [3.63, 3.8) is 0 Å². The van der Waals surface area contributed by atoms with Gasteiger partial charge in [-0.2, -0.15) is 0 Å². The van der Waals surface area contributed by atoms with Crippen molar-refractivity contribution < 1.29 is 0 Å². The molecule has 90 valence electrons. The molecule has 0 aliphatic rings. The number of hydrogen-bond donors (Lipinski definition) is 1. The third-order valence-electron chi connectivity index (χ3n) is 3.10. The Bertz CT molecular complexity index is 309. The Balaban J connectivity index is 2.58. The lowest BCUT2D eigenvalue weighted by molar-refractivity contribution is 0.274. The van der Waals surface area contributed by atoms with Gasteiger partial charge in [0.2, 0.25) is 0 Å². The van der Waals surface area contributed by atoms with E-state index in [0.717, 1.165) is 19.0 Å². The number of nitrogens with two attached hydrogens (primary N) is 1. The molecule has 2 nitrogen and oxygen atoms in total. The maximum atomic E-state index is 5.74. The van der Waals surface area contributed by atoms with E-state index in [4.69, 9.17) is 5.73 Å². The average molecular weight is 220 g/mol. The van der Waals surface area contributed by atoms with Crippen LogP contribution < -0.4 is 5.73 Å². The molecule has 0 radical (unpaired) electrons. The summed E-state index contributed by atoms with van der Waals surface area (Å²) in [5, 5.41) is 0. The minimum absolute atomic E-state index is 0.632. The van der Waals surface area contributed by atoms with Gasteiger partial charge >= 0.3 is 0 Å². The van der Waals surface area contributed by atoms with Crippen LogP contribution in [0.1, 0.15) is 31.4 Å². The van der Waals surface area contributed by atoms with E-state index in [-0.39, 0.29) is 0 Å². The Labute approximate surface area is 99.5 Å². The summed E-state index contributed by atoms with van der Waals surface area (Å²) < 4.78 is 0. The highest BCUT2D eigenvalue weighted by molar-refractivity contribution is 5.26. The maximum Gasteiger partial charge on any atom is 0.0234 e. The van der Waals surface area contributed by atoms with Crippen LogP contribution in [0.25, 0.3) is 0 Å². The summed E-state index contributed by atoms with van der Waals surface area (Å²) >= 11 is 0. The lowest BCUT2D eigenvalue weighted by Crippen LogP contribution is -2.24. The third-order valence-corrected chi connectivity index (χ3v) is 3.10. The van der Waals surface area contributed by atoms with Crippen LogP contribution in [0.15, 0.2) is 24.3 Å². The molecule has 1 aromatic carbocycles. The van der Waals surface area contributed by atoms with Crippen LogP contribution in [0.4, 0.5) is 0 Å². The molecule has 0 aromatic heterocycles. The van der Waals surface area contributed by atoms with E-state index in [2.05, 4.69) is 50.1 Å². The molecule has 1 rings (SSSR count). The number of hydrogen-bond acceptors (Lipinski definition) is 2. The van der Waals surface area contributed by atoms with Gasteiger partial charge in [-0.05, 0) is 24.1 Å². The van der Waals surface area contributed by atoms with E-state index >= 15 is 0 Å². The molecule has 1 unspecified atom stereocenters. The second kappa shape index (κ2) is 6.66. The highest BCUT2D eigenvalue weighted by atomic mass is 15.1. The van der Waals surface area contributed by atoms with Gasteiger partial charge in [-0.25, -0.2) is 0 Å². The second-order valence-corrected chi connectivity index (χ2v) is 4.68. The second-order valence-electron chi connectivity index (χ2n) is 4.68. The van der Waals surface area contributed by atoms with Gasteiger partial charge in [0.05, 0.1) is 0 Å². The molecule has 2 N–H and O–H groups in total. The molecule has 0 fully saturated rings. The molecule has 0 aliphatic carbocycles. The standard InChI is InChI=1S/C14H24N2/c1-4-12(2)10-16(3)11-14-8-6-5-7-13(14)9-15/h5-8,12H,4,9-11,15H2,1-3H3. The van der Waals surface area contributed by atoms with Crippen LogP contribution in [-0.2, 0) is 13.1 Å². The van der Waals surface area contributed by atoms with Crippen molar-refractivity contribution in [1.29, 1.82) is 0 Å². The van der Waals surface area contributed by atoms with Crippen molar-refractivity contribution >= 4 is 0 Å². The van der Waals surface area contributed by atoms with Crippen molar-refractivity contribution in [3.8, 4) is 0 Å². The van der Waals surface area contributed by atoms with Gasteiger partial charge in [-0.1, -0.05) is 44.5 Å². The molecule has 0 spiro atoms. The Hall–Kier alpha value is -0.860. The Morgan fingerprint density at radius 3 is 2.44 bits per heavy atom. The van der Waals surface area contributed by atoms with Gasteiger partial charge in [-0.3, -0.25) is 0 Å². The third kappa shape index (κ3) is 3.95. The van der Waals surface area contributed by atoms with Gasteiger partial charge in [-0.15, -0.1) is 0 Å². The minimum Gasteiger partial charge on any atom is -0.326 e. The lowest BCUT2D eigenvalue weighted by Gasteiger charge is -2.21. The summed E-state index contributed by atoms with van der Waals surface area (Å²) in [6.07, 6.45) is 1.24. The highest BCUT2D eigenvalue weighted by Gasteiger charge is 2.07. The zero-order valence-electron chi connectivity index (χ0n) is 10.7. The fourth-order valence-electron chi connectivity index (χ4n) is 1.93. The molecule has 0 aliphatic heterocycles. The number of benzene rings is 1. The fraction of sp³-hybridized carbons (Fsp3) is 0.571. The van der Waals surface area contributed by atoms with E-state index < -0.39 is 0 Å². The number of nitrogens with zero attached hydrogens (tertiary/aromatic N) is 1. The normalized spacial score (nSPS) is 13.1. The predicted octanol–water partition coefficient (Wildman–Crippen LogP) is 2.62. The van der Waals surface area contributed by atoms with Crippen LogP contribution in [0.2, 0.25) is 0 Å². The van der Waals surface area contributed by atoms with Gasteiger partial charge in [0.25, 0.3) is 0 Å². The van der Waals surface area contributed by atoms with Crippen LogP contribution in [0.5, 0.6) is 0 Å². The zero-order valence-corrected chi connectivity index (χ0v) is 10.7. The van der Waals surface area contributed by atoms with Crippen molar-refractivity contribution in [3.05, 3.63) is 35.4 Å². The summed E-state index contributed by atoms with van der Waals surface area (Å²) in [6.45, 7) is 7.32. The first-order chi connectivity index (χ1) is 7.67. The molecular weight excluding hydrogens is 196 g/mol. The van der Waals surface area contributed by atoms with Crippen LogP contribution in [-0.4, -0.2) is 18.5 Å². The molecule has 0 saturated heterocycles. The average Bonchev–Trinajstić information content (AvgIpc) is 2.29. The van der Waals surface area contributed by atoms with Crippen molar-refractivity contribution in [1.82, 2.24) is 4.90 Å². The Morgan fingerprint density at radius 2 is 1.88 bits per heavy atom. The smallest absolute Gasteiger partial charge is 0.0234 e. The van der Waals surface area contributed by atoms with Crippen molar-refractivity contribution in [2.75, 3.05) is 13.6 Å². The SMILES string of the molecule is CCC(C)CN(C)Cc1ccccc1CN. The molecule has 0 amide bonds. The summed E-state index contributed by atoms with van der Waals surface area (Å²) in [7, 11) is 2.18. The summed E-state index contributed by atoms with van der Waals surface area (Å²) in [6, 6.07) is 8.44. The van der Waals surface area contributed by atoms with Crippen LogP contribution in [0.3, 0.4) is 0 Å². The molecule has 16 heavy (non-hydrogen) atoms. The summed E-state index contributed by atoms with van der Waals surface area (Å²) in [5.41, 5.74) is 8.35. The quantitative estimate of drug-likeness (QED) is 0.798. The minimum atomic E-state index is 0.632. The summed E-state index contributed by atoms with van der Waals surface area (Å²) in [5.74, 6) is 0.759. The summed E-state index contributed by atoms with van der Waals surface area (Å²) in [4.78, 5) is 2.38. The zero-order chi connectivity index (χ0) is 12.0. The highest BCUT2D eigenvalue weighted by Crippen LogP contribution is 2.12.